The molecule has 1 aliphatic heterocycles. The first-order valence-corrected chi connectivity index (χ1v) is 8.06. The molecule has 1 aromatic carbocycles. The second kappa shape index (κ2) is 5.91. The van der Waals surface area contributed by atoms with E-state index in [4.69, 9.17) is 27.9 Å². The average molecular weight is 356 g/mol. The third-order valence-corrected chi connectivity index (χ3v) is 5.02. The van der Waals surface area contributed by atoms with E-state index in [1.54, 1.807) is 29.2 Å². The molecule has 4 nitrogen and oxygen atoms in total. The lowest BCUT2D eigenvalue weighted by Gasteiger charge is -2.17. The van der Waals surface area contributed by atoms with E-state index in [1.165, 1.54) is 18.4 Å². The van der Waals surface area contributed by atoms with Gasteiger partial charge in [-0.05, 0) is 36.2 Å². The van der Waals surface area contributed by atoms with Crippen LogP contribution in [0.5, 0.6) is 0 Å². The fourth-order valence-electron chi connectivity index (χ4n) is 2.49. The lowest BCUT2D eigenvalue weighted by Crippen LogP contribution is -2.28. The summed E-state index contributed by atoms with van der Waals surface area (Å²) in [6, 6.07) is 6.75. The Morgan fingerprint density at radius 3 is 2.68 bits per heavy atom. The summed E-state index contributed by atoms with van der Waals surface area (Å²) in [6.07, 6.45) is 0.682. The molecule has 0 aliphatic carbocycles. The van der Waals surface area contributed by atoms with Gasteiger partial charge in [-0.25, -0.2) is 4.79 Å². The zero-order valence-electron chi connectivity index (χ0n) is 11.6. The number of fused-ring (bicyclic) bond motifs is 1. The zero-order valence-corrected chi connectivity index (χ0v) is 13.9. The van der Waals surface area contributed by atoms with Gasteiger partial charge in [-0.2, -0.15) is 0 Å². The van der Waals surface area contributed by atoms with Crippen molar-refractivity contribution in [2.45, 2.75) is 6.42 Å². The van der Waals surface area contributed by atoms with E-state index in [2.05, 4.69) is 0 Å². The lowest BCUT2D eigenvalue weighted by atomic mass is 10.1. The number of nitrogens with zero attached hydrogens (tertiary/aromatic N) is 1. The average Bonchev–Trinajstić information content (AvgIpc) is 3.08. The van der Waals surface area contributed by atoms with Crippen LogP contribution in [0.3, 0.4) is 0 Å². The van der Waals surface area contributed by atoms with Gasteiger partial charge in [0, 0.05) is 12.2 Å². The number of benzene rings is 1. The van der Waals surface area contributed by atoms with E-state index in [0.29, 0.717) is 32.8 Å². The summed E-state index contributed by atoms with van der Waals surface area (Å²) in [6.45, 7) is 0.544. The second-order valence-electron chi connectivity index (χ2n) is 4.78. The van der Waals surface area contributed by atoms with Crippen molar-refractivity contribution < 1.29 is 14.3 Å². The number of hydrogen-bond donors (Lipinski definition) is 0. The summed E-state index contributed by atoms with van der Waals surface area (Å²) in [5, 5.41) is 0. The van der Waals surface area contributed by atoms with Gasteiger partial charge in [-0.15, -0.1) is 11.3 Å². The number of rotatable bonds is 2. The molecule has 1 amide bonds. The zero-order chi connectivity index (χ0) is 15.9. The Morgan fingerprint density at radius 1 is 1.27 bits per heavy atom. The number of amides is 1. The molecule has 3 rings (SSSR count). The van der Waals surface area contributed by atoms with E-state index in [-0.39, 0.29) is 11.9 Å². The van der Waals surface area contributed by atoms with Gasteiger partial charge in [0.15, 0.2) is 0 Å². The predicted octanol–water partition coefficient (Wildman–Crippen LogP) is 4.04. The number of halogens is 2. The first-order chi connectivity index (χ1) is 10.5. The van der Waals surface area contributed by atoms with Crippen LogP contribution >= 0.6 is 34.5 Å². The molecule has 0 N–H and O–H groups in total. The highest BCUT2D eigenvalue weighted by atomic mass is 35.5. The van der Waals surface area contributed by atoms with Crippen molar-refractivity contribution in [3.63, 3.8) is 0 Å². The van der Waals surface area contributed by atoms with Gasteiger partial charge >= 0.3 is 5.97 Å². The van der Waals surface area contributed by atoms with Crippen molar-refractivity contribution in [2.24, 2.45) is 0 Å². The fraction of sp³-hybridized carbons (Fsp3) is 0.200. The number of carbonyl (C=O) groups excluding carboxylic acids is 2. The van der Waals surface area contributed by atoms with Crippen LogP contribution in [0.1, 0.15) is 26.3 Å². The molecule has 0 saturated heterocycles. The monoisotopic (exact) mass is 355 g/mol. The molecular weight excluding hydrogens is 345 g/mol. The molecule has 0 bridgehead atoms. The lowest BCUT2D eigenvalue weighted by molar-refractivity contribution is 0.0600. The SMILES string of the molecule is COC(=O)c1ccc2c(c1)CCN2C(=O)c1cc(Cl)sc1Cl. The molecule has 0 radical (unpaired) electrons. The fourth-order valence-corrected chi connectivity index (χ4v) is 3.94. The maximum atomic E-state index is 12.6. The molecule has 22 heavy (non-hydrogen) atoms. The Kier molecular flexibility index (Phi) is 4.12. The summed E-state index contributed by atoms with van der Waals surface area (Å²) in [7, 11) is 1.34. The van der Waals surface area contributed by atoms with Crippen molar-refractivity contribution >= 4 is 52.1 Å². The van der Waals surface area contributed by atoms with Crippen molar-refractivity contribution in [2.75, 3.05) is 18.6 Å². The molecular formula is C15H11Cl2NO3S. The van der Waals surface area contributed by atoms with Crippen LogP contribution in [-0.4, -0.2) is 25.5 Å². The Balaban J connectivity index is 1.93. The van der Waals surface area contributed by atoms with E-state index < -0.39 is 0 Å². The molecule has 0 spiro atoms. The molecule has 0 unspecified atom stereocenters. The Bertz CT molecular complexity index is 772. The highest BCUT2D eigenvalue weighted by molar-refractivity contribution is 7.20. The standard InChI is InChI=1S/C15H11Cl2NO3S/c1-21-15(20)9-2-3-11-8(6-9)4-5-18(11)14(19)10-7-12(16)22-13(10)17/h2-3,6-7H,4-5H2,1H3. The van der Waals surface area contributed by atoms with Crippen LogP contribution in [0.4, 0.5) is 5.69 Å². The third-order valence-electron chi connectivity index (χ3n) is 3.53. The molecule has 2 heterocycles. The van der Waals surface area contributed by atoms with Crippen LogP contribution in [-0.2, 0) is 11.2 Å². The first-order valence-electron chi connectivity index (χ1n) is 6.49. The van der Waals surface area contributed by atoms with Crippen LogP contribution in [0.25, 0.3) is 0 Å². The van der Waals surface area contributed by atoms with Crippen molar-refractivity contribution in [1.29, 1.82) is 0 Å². The molecule has 1 aromatic heterocycles. The normalized spacial score (nSPS) is 13.1. The van der Waals surface area contributed by atoms with E-state index in [1.807, 2.05) is 0 Å². The first kappa shape index (κ1) is 15.3. The molecule has 2 aromatic rings. The maximum Gasteiger partial charge on any atom is 0.337 e. The van der Waals surface area contributed by atoms with Gasteiger partial charge in [0.1, 0.15) is 4.34 Å². The smallest absolute Gasteiger partial charge is 0.337 e. The number of ether oxygens (including phenoxy) is 1. The minimum Gasteiger partial charge on any atom is -0.465 e. The van der Waals surface area contributed by atoms with Gasteiger partial charge < -0.3 is 9.64 Å². The Hall–Kier alpha value is -1.56. The number of hydrogen-bond acceptors (Lipinski definition) is 4. The van der Waals surface area contributed by atoms with Crippen LogP contribution < -0.4 is 4.90 Å². The predicted molar refractivity (Wildman–Crippen MR) is 87.5 cm³/mol. The summed E-state index contributed by atoms with van der Waals surface area (Å²) < 4.78 is 5.57. The Labute approximate surface area is 141 Å². The summed E-state index contributed by atoms with van der Waals surface area (Å²) in [5.41, 5.74) is 2.61. The molecule has 7 heteroatoms. The largest absolute Gasteiger partial charge is 0.465 e. The van der Waals surface area contributed by atoms with Crippen LogP contribution in [0.2, 0.25) is 8.67 Å². The topological polar surface area (TPSA) is 46.6 Å². The highest BCUT2D eigenvalue weighted by Crippen LogP contribution is 2.35. The van der Waals surface area contributed by atoms with Gasteiger partial charge in [0.05, 0.1) is 22.6 Å². The van der Waals surface area contributed by atoms with Crippen LogP contribution in [0, 0.1) is 0 Å². The number of anilines is 1. The number of methoxy groups -OCH3 is 1. The molecule has 1 aliphatic rings. The summed E-state index contributed by atoms with van der Waals surface area (Å²) in [4.78, 5) is 25.8. The minimum absolute atomic E-state index is 0.183. The van der Waals surface area contributed by atoms with E-state index in [0.717, 1.165) is 11.3 Å². The van der Waals surface area contributed by atoms with Gasteiger partial charge in [0.2, 0.25) is 0 Å². The van der Waals surface area contributed by atoms with Crippen molar-refractivity contribution in [3.05, 3.63) is 49.6 Å². The summed E-state index contributed by atoms with van der Waals surface area (Å²) >= 11 is 13.1. The number of carbonyl (C=O) groups is 2. The minimum atomic E-state index is -0.389. The van der Waals surface area contributed by atoms with Crippen molar-refractivity contribution in [3.8, 4) is 0 Å². The molecule has 0 atom stereocenters. The van der Waals surface area contributed by atoms with Gasteiger partial charge in [0.25, 0.3) is 5.91 Å². The second-order valence-corrected chi connectivity index (χ2v) is 7.07. The maximum absolute atomic E-state index is 12.6. The number of esters is 1. The van der Waals surface area contributed by atoms with Crippen LogP contribution in [0.15, 0.2) is 24.3 Å². The van der Waals surface area contributed by atoms with E-state index in [9.17, 15) is 9.59 Å². The Morgan fingerprint density at radius 2 is 2.05 bits per heavy atom. The van der Waals surface area contributed by atoms with Gasteiger partial charge in [-0.3, -0.25) is 4.79 Å². The molecule has 0 saturated carbocycles. The van der Waals surface area contributed by atoms with E-state index >= 15 is 0 Å². The number of thiophene rings is 1. The highest BCUT2D eigenvalue weighted by Gasteiger charge is 2.28. The quantitative estimate of drug-likeness (QED) is 0.763. The third kappa shape index (κ3) is 2.60. The van der Waals surface area contributed by atoms with Gasteiger partial charge in [-0.1, -0.05) is 23.2 Å². The molecule has 0 fully saturated rings. The van der Waals surface area contributed by atoms with Crippen molar-refractivity contribution in [1.82, 2.24) is 0 Å². The molecule has 114 valence electrons. The summed E-state index contributed by atoms with van der Waals surface area (Å²) in [5.74, 6) is -0.571.